The van der Waals surface area contributed by atoms with Crippen molar-refractivity contribution < 1.29 is 4.74 Å². The molecule has 0 saturated carbocycles. The van der Waals surface area contributed by atoms with Gasteiger partial charge < -0.3 is 10.1 Å². The van der Waals surface area contributed by atoms with Gasteiger partial charge in [0.1, 0.15) is 11.6 Å². The van der Waals surface area contributed by atoms with Crippen LogP contribution in [-0.4, -0.2) is 22.3 Å². The zero-order chi connectivity index (χ0) is 11.4. The van der Waals surface area contributed by atoms with Gasteiger partial charge in [-0.15, -0.1) is 11.3 Å². The van der Waals surface area contributed by atoms with Crippen molar-refractivity contribution in [2.24, 2.45) is 0 Å². The normalized spacial score (nSPS) is 10.6. The SMILES string of the molecule is COc1ccsc1CNCc1n[nH]c(C)n1. The van der Waals surface area contributed by atoms with E-state index in [4.69, 9.17) is 4.74 Å². The monoisotopic (exact) mass is 238 g/mol. The summed E-state index contributed by atoms with van der Waals surface area (Å²) >= 11 is 1.68. The Morgan fingerprint density at radius 3 is 3.06 bits per heavy atom. The zero-order valence-corrected chi connectivity index (χ0v) is 10.1. The van der Waals surface area contributed by atoms with Crippen molar-refractivity contribution in [3.63, 3.8) is 0 Å². The Morgan fingerprint density at radius 1 is 1.50 bits per heavy atom. The lowest BCUT2D eigenvalue weighted by Gasteiger charge is -2.02. The first-order valence-electron chi connectivity index (χ1n) is 4.98. The number of H-pyrrole nitrogens is 1. The fourth-order valence-electron chi connectivity index (χ4n) is 1.40. The molecular weight excluding hydrogens is 224 g/mol. The van der Waals surface area contributed by atoms with E-state index in [9.17, 15) is 0 Å². The van der Waals surface area contributed by atoms with Crippen LogP contribution in [0.4, 0.5) is 0 Å². The summed E-state index contributed by atoms with van der Waals surface area (Å²) in [4.78, 5) is 5.40. The summed E-state index contributed by atoms with van der Waals surface area (Å²) in [5.74, 6) is 2.56. The quantitative estimate of drug-likeness (QED) is 0.828. The fraction of sp³-hybridized carbons (Fsp3) is 0.400. The molecule has 0 aliphatic rings. The molecule has 0 radical (unpaired) electrons. The molecule has 0 amide bonds. The second-order valence-electron chi connectivity index (χ2n) is 3.35. The molecule has 2 heterocycles. The van der Waals surface area contributed by atoms with Crippen molar-refractivity contribution in [1.29, 1.82) is 0 Å². The second-order valence-corrected chi connectivity index (χ2v) is 4.35. The van der Waals surface area contributed by atoms with E-state index in [1.54, 1.807) is 18.4 Å². The van der Waals surface area contributed by atoms with Gasteiger partial charge in [-0.05, 0) is 18.4 Å². The molecule has 2 aromatic heterocycles. The number of aromatic amines is 1. The number of aryl methyl sites for hydroxylation is 1. The van der Waals surface area contributed by atoms with Crippen LogP contribution in [-0.2, 0) is 13.1 Å². The average Bonchev–Trinajstić information content (AvgIpc) is 2.87. The van der Waals surface area contributed by atoms with Crippen molar-refractivity contribution >= 4 is 11.3 Å². The molecule has 2 aromatic rings. The van der Waals surface area contributed by atoms with E-state index in [-0.39, 0.29) is 0 Å². The van der Waals surface area contributed by atoms with Gasteiger partial charge >= 0.3 is 0 Å². The van der Waals surface area contributed by atoms with Crippen molar-refractivity contribution in [3.8, 4) is 5.75 Å². The van der Waals surface area contributed by atoms with Gasteiger partial charge in [-0.25, -0.2) is 4.98 Å². The van der Waals surface area contributed by atoms with Crippen molar-refractivity contribution in [1.82, 2.24) is 20.5 Å². The maximum absolute atomic E-state index is 5.23. The van der Waals surface area contributed by atoms with E-state index >= 15 is 0 Å². The summed E-state index contributed by atoms with van der Waals surface area (Å²) in [5.41, 5.74) is 0. The van der Waals surface area contributed by atoms with Crippen LogP contribution in [0.15, 0.2) is 11.4 Å². The smallest absolute Gasteiger partial charge is 0.164 e. The van der Waals surface area contributed by atoms with Gasteiger partial charge in [-0.2, -0.15) is 5.10 Å². The first kappa shape index (κ1) is 11.1. The molecule has 0 aliphatic carbocycles. The zero-order valence-electron chi connectivity index (χ0n) is 9.28. The summed E-state index contributed by atoms with van der Waals surface area (Å²) in [6.07, 6.45) is 0. The average molecular weight is 238 g/mol. The number of nitrogens with zero attached hydrogens (tertiary/aromatic N) is 2. The molecular formula is C10H14N4OS. The summed E-state index contributed by atoms with van der Waals surface area (Å²) in [6, 6.07) is 1.97. The molecule has 2 rings (SSSR count). The van der Waals surface area contributed by atoms with Crippen molar-refractivity contribution in [2.45, 2.75) is 20.0 Å². The van der Waals surface area contributed by atoms with Crippen LogP contribution in [0.1, 0.15) is 16.5 Å². The number of hydrogen-bond acceptors (Lipinski definition) is 5. The Hall–Kier alpha value is -1.40. The van der Waals surface area contributed by atoms with Gasteiger partial charge in [-0.3, -0.25) is 5.10 Å². The minimum atomic E-state index is 0.658. The molecule has 0 saturated heterocycles. The number of methoxy groups -OCH3 is 1. The van der Waals surface area contributed by atoms with Crippen LogP contribution in [0.2, 0.25) is 0 Å². The topological polar surface area (TPSA) is 62.8 Å². The Labute approximate surface area is 97.9 Å². The molecule has 16 heavy (non-hydrogen) atoms. The molecule has 0 atom stereocenters. The number of hydrogen-bond donors (Lipinski definition) is 2. The fourth-order valence-corrected chi connectivity index (χ4v) is 2.20. The van der Waals surface area contributed by atoms with E-state index in [0.29, 0.717) is 6.54 Å². The number of aromatic nitrogens is 3. The molecule has 0 spiro atoms. The maximum atomic E-state index is 5.23. The number of thiophene rings is 1. The largest absolute Gasteiger partial charge is 0.496 e. The third-order valence-electron chi connectivity index (χ3n) is 2.14. The molecule has 0 aromatic carbocycles. The molecule has 6 heteroatoms. The Bertz CT molecular complexity index is 451. The van der Waals surface area contributed by atoms with Crippen LogP contribution in [0.3, 0.4) is 0 Å². The standard InChI is InChI=1S/C10H14N4OS/c1-7-12-10(14-13-7)6-11-5-9-8(15-2)3-4-16-9/h3-4,11H,5-6H2,1-2H3,(H,12,13,14). The number of rotatable bonds is 5. The van der Waals surface area contributed by atoms with E-state index < -0.39 is 0 Å². The molecule has 5 nitrogen and oxygen atoms in total. The van der Waals surface area contributed by atoms with E-state index in [1.165, 1.54) is 4.88 Å². The lowest BCUT2D eigenvalue weighted by Crippen LogP contribution is -2.13. The van der Waals surface area contributed by atoms with Crippen molar-refractivity contribution in [2.75, 3.05) is 7.11 Å². The summed E-state index contributed by atoms with van der Waals surface area (Å²) in [7, 11) is 1.68. The molecule has 0 fully saturated rings. The molecule has 2 N–H and O–H groups in total. The Morgan fingerprint density at radius 2 is 2.38 bits per heavy atom. The van der Waals surface area contributed by atoms with Crippen LogP contribution >= 0.6 is 11.3 Å². The van der Waals surface area contributed by atoms with E-state index in [1.807, 2.05) is 18.4 Å². The van der Waals surface area contributed by atoms with Gasteiger partial charge in [0, 0.05) is 6.54 Å². The minimum absolute atomic E-state index is 0.658. The first-order valence-corrected chi connectivity index (χ1v) is 5.86. The lowest BCUT2D eigenvalue weighted by molar-refractivity contribution is 0.410. The predicted molar refractivity (Wildman–Crippen MR) is 62.5 cm³/mol. The number of ether oxygens (including phenoxy) is 1. The van der Waals surface area contributed by atoms with Crippen LogP contribution in [0.5, 0.6) is 5.75 Å². The van der Waals surface area contributed by atoms with Gasteiger partial charge in [-0.1, -0.05) is 0 Å². The van der Waals surface area contributed by atoms with Crippen LogP contribution < -0.4 is 10.1 Å². The summed E-state index contributed by atoms with van der Waals surface area (Å²) in [6.45, 7) is 3.32. The maximum Gasteiger partial charge on any atom is 0.164 e. The highest BCUT2D eigenvalue weighted by Crippen LogP contribution is 2.23. The second kappa shape index (κ2) is 5.09. The highest BCUT2D eigenvalue weighted by Gasteiger charge is 2.04. The van der Waals surface area contributed by atoms with Gasteiger partial charge in [0.05, 0.1) is 18.5 Å². The number of nitrogens with one attached hydrogen (secondary N) is 2. The summed E-state index contributed by atoms with van der Waals surface area (Å²) < 4.78 is 5.23. The van der Waals surface area contributed by atoms with Gasteiger partial charge in [0.25, 0.3) is 0 Å². The summed E-state index contributed by atoms with van der Waals surface area (Å²) in [5, 5.41) is 12.2. The molecule has 0 aliphatic heterocycles. The first-order chi connectivity index (χ1) is 7.79. The highest BCUT2D eigenvalue weighted by molar-refractivity contribution is 7.10. The van der Waals surface area contributed by atoms with E-state index in [0.717, 1.165) is 23.9 Å². The third kappa shape index (κ3) is 2.59. The van der Waals surface area contributed by atoms with Crippen LogP contribution in [0, 0.1) is 6.92 Å². The predicted octanol–water partition coefficient (Wildman–Crippen LogP) is 1.47. The van der Waals surface area contributed by atoms with Gasteiger partial charge in [0.15, 0.2) is 5.82 Å². The van der Waals surface area contributed by atoms with E-state index in [2.05, 4.69) is 20.5 Å². The Kier molecular flexibility index (Phi) is 3.53. The van der Waals surface area contributed by atoms with Gasteiger partial charge in [0.2, 0.25) is 0 Å². The molecule has 0 unspecified atom stereocenters. The lowest BCUT2D eigenvalue weighted by atomic mass is 10.4. The molecule has 86 valence electrons. The third-order valence-corrected chi connectivity index (χ3v) is 3.04. The minimum Gasteiger partial charge on any atom is -0.496 e. The molecule has 0 bridgehead atoms. The van der Waals surface area contributed by atoms with Crippen molar-refractivity contribution in [3.05, 3.63) is 28.0 Å². The van der Waals surface area contributed by atoms with Crippen LogP contribution in [0.25, 0.3) is 0 Å². The highest BCUT2D eigenvalue weighted by atomic mass is 32.1. The Balaban J connectivity index is 1.84.